The average molecular weight is 475 g/mol. The Morgan fingerprint density at radius 3 is 2.32 bits per heavy atom. The lowest BCUT2D eigenvalue weighted by atomic mass is 9.97. The second kappa shape index (κ2) is 9.53. The van der Waals surface area contributed by atoms with E-state index in [1.807, 2.05) is 26.0 Å². The number of carbonyl (C=O) groups is 2. The minimum absolute atomic E-state index is 0.0605. The van der Waals surface area contributed by atoms with Gasteiger partial charge in [-0.1, -0.05) is 59.6 Å². The number of rotatable bonds is 5. The molecule has 0 saturated carbocycles. The van der Waals surface area contributed by atoms with E-state index in [9.17, 15) is 14.4 Å². The van der Waals surface area contributed by atoms with E-state index >= 15 is 0 Å². The van der Waals surface area contributed by atoms with Crippen molar-refractivity contribution in [3.05, 3.63) is 98.9 Å². The van der Waals surface area contributed by atoms with E-state index in [0.717, 1.165) is 11.1 Å². The number of benzene rings is 3. The van der Waals surface area contributed by atoms with Gasteiger partial charge in [0.05, 0.1) is 0 Å². The molecule has 4 aromatic rings. The van der Waals surface area contributed by atoms with Gasteiger partial charge in [-0.3, -0.25) is 9.59 Å². The van der Waals surface area contributed by atoms with E-state index in [1.165, 1.54) is 11.6 Å². The summed E-state index contributed by atoms with van der Waals surface area (Å²) in [6.45, 7) is 3.36. The van der Waals surface area contributed by atoms with Crippen LogP contribution >= 0.6 is 11.6 Å². The number of pyridine rings is 1. The number of aryl methyl sites for hydroxylation is 2. The molecule has 0 aliphatic carbocycles. The minimum Gasteiger partial charge on any atom is -0.451 e. The summed E-state index contributed by atoms with van der Waals surface area (Å²) >= 11 is 6.06. The summed E-state index contributed by atoms with van der Waals surface area (Å²) in [5.74, 6) is -1.25. The maximum Gasteiger partial charge on any atom is 0.356 e. The number of nitrogens with one attached hydrogen (secondary N) is 1. The van der Waals surface area contributed by atoms with Gasteiger partial charge in [0.25, 0.3) is 11.5 Å². The largest absolute Gasteiger partial charge is 0.451 e. The summed E-state index contributed by atoms with van der Waals surface area (Å²) in [5.41, 5.74) is 3.59. The number of fused-ring (bicyclic) bond motifs is 1. The molecule has 1 heterocycles. The lowest BCUT2D eigenvalue weighted by molar-refractivity contribution is -0.119. The van der Waals surface area contributed by atoms with Crippen molar-refractivity contribution >= 4 is 39.9 Å². The third-order valence-electron chi connectivity index (χ3n) is 5.62. The van der Waals surface area contributed by atoms with Crippen LogP contribution in [0.3, 0.4) is 0 Å². The second-order valence-electron chi connectivity index (χ2n) is 8.08. The van der Waals surface area contributed by atoms with Crippen molar-refractivity contribution in [1.82, 2.24) is 4.57 Å². The fourth-order valence-electron chi connectivity index (χ4n) is 3.95. The Morgan fingerprint density at radius 2 is 1.65 bits per heavy atom. The summed E-state index contributed by atoms with van der Waals surface area (Å²) in [6.07, 6.45) is 0. The summed E-state index contributed by atoms with van der Waals surface area (Å²) in [7, 11) is 1.51. The van der Waals surface area contributed by atoms with Crippen molar-refractivity contribution in [2.75, 3.05) is 11.9 Å². The van der Waals surface area contributed by atoms with Gasteiger partial charge in [0, 0.05) is 28.7 Å². The molecule has 3 aromatic carbocycles. The zero-order valence-corrected chi connectivity index (χ0v) is 19.8. The Labute approximate surface area is 201 Å². The van der Waals surface area contributed by atoms with Crippen LogP contribution in [-0.2, 0) is 16.6 Å². The minimum atomic E-state index is -0.772. The Hall–Kier alpha value is -3.90. The Kier molecular flexibility index (Phi) is 6.52. The topological polar surface area (TPSA) is 77.4 Å². The zero-order valence-electron chi connectivity index (χ0n) is 19.0. The third-order valence-corrected chi connectivity index (χ3v) is 5.87. The van der Waals surface area contributed by atoms with Gasteiger partial charge >= 0.3 is 5.97 Å². The Balaban J connectivity index is 1.69. The van der Waals surface area contributed by atoms with Crippen LogP contribution in [0.2, 0.25) is 5.02 Å². The molecule has 0 fully saturated rings. The summed E-state index contributed by atoms with van der Waals surface area (Å²) in [4.78, 5) is 38.7. The molecular formula is C27H23ClN2O4. The van der Waals surface area contributed by atoms with E-state index in [1.54, 1.807) is 54.6 Å². The number of amides is 1. The van der Waals surface area contributed by atoms with Crippen LogP contribution in [0.25, 0.3) is 21.9 Å². The monoisotopic (exact) mass is 474 g/mol. The molecular weight excluding hydrogens is 452 g/mol. The maximum absolute atomic E-state index is 13.2. The number of halogens is 1. The molecule has 7 heteroatoms. The summed E-state index contributed by atoms with van der Waals surface area (Å²) in [5, 5.41) is 4.38. The molecule has 0 atom stereocenters. The molecule has 172 valence electrons. The smallest absolute Gasteiger partial charge is 0.356 e. The Bertz CT molecular complexity index is 1470. The highest BCUT2D eigenvalue weighted by molar-refractivity contribution is 6.30. The zero-order chi connectivity index (χ0) is 24.4. The molecule has 0 spiro atoms. The van der Waals surface area contributed by atoms with Gasteiger partial charge in [0.15, 0.2) is 6.61 Å². The number of carbonyl (C=O) groups excluding carboxylic acids is 2. The highest BCUT2D eigenvalue weighted by atomic mass is 35.5. The number of hydrogen-bond acceptors (Lipinski definition) is 4. The molecule has 0 aliphatic rings. The van der Waals surface area contributed by atoms with Crippen molar-refractivity contribution in [2.24, 2.45) is 7.05 Å². The highest BCUT2D eigenvalue weighted by Gasteiger charge is 2.23. The molecule has 34 heavy (non-hydrogen) atoms. The molecule has 0 radical (unpaired) electrons. The van der Waals surface area contributed by atoms with Crippen LogP contribution in [-0.4, -0.2) is 23.1 Å². The van der Waals surface area contributed by atoms with Gasteiger partial charge in [-0.25, -0.2) is 4.79 Å². The number of anilines is 1. The molecule has 0 unspecified atom stereocenters. The highest BCUT2D eigenvalue weighted by Crippen LogP contribution is 2.31. The number of esters is 1. The first-order valence-electron chi connectivity index (χ1n) is 10.7. The molecule has 0 saturated heterocycles. The lowest BCUT2D eigenvalue weighted by Gasteiger charge is -2.17. The van der Waals surface area contributed by atoms with E-state index < -0.39 is 18.5 Å². The third kappa shape index (κ3) is 4.58. The predicted octanol–water partition coefficient (Wildman–Crippen LogP) is 5.27. The lowest BCUT2D eigenvalue weighted by Crippen LogP contribution is -2.28. The van der Waals surface area contributed by atoms with Crippen LogP contribution in [0.5, 0.6) is 0 Å². The molecule has 1 N–H and O–H groups in total. The van der Waals surface area contributed by atoms with Crippen LogP contribution < -0.4 is 10.9 Å². The number of nitrogens with zero attached hydrogens (tertiary/aromatic N) is 1. The quantitative estimate of drug-likeness (QED) is 0.400. The first-order valence-corrected chi connectivity index (χ1v) is 11.1. The van der Waals surface area contributed by atoms with E-state index in [0.29, 0.717) is 32.6 Å². The first kappa shape index (κ1) is 23.3. The van der Waals surface area contributed by atoms with Crippen molar-refractivity contribution in [1.29, 1.82) is 0 Å². The van der Waals surface area contributed by atoms with Crippen LogP contribution in [0, 0.1) is 13.8 Å². The SMILES string of the molecule is Cc1ccc(NC(=O)COC(=O)c2c(-c3ccc(Cl)cc3)c3ccccc3c(=O)n2C)c(C)c1. The molecule has 1 amide bonds. The molecule has 1 aromatic heterocycles. The van der Waals surface area contributed by atoms with Gasteiger partial charge in [-0.15, -0.1) is 0 Å². The van der Waals surface area contributed by atoms with E-state index in [-0.39, 0.29) is 11.3 Å². The van der Waals surface area contributed by atoms with Crippen molar-refractivity contribution in [3.8, 4) is 11.1 Å². The molecule has 0 aliphatic heterocycles. The van der Waals surface area contributed by atoms with Crippen LogP contribution in [0.1, 0.15) is 21.6 Å². The normalized spacial score (nSPS) is 10.8. The Morgan fingerprint density at radius 1 is 0.971 bits per heavy atom. The fraction of sp³-hybridized carbons (Fsp3) is 0.148. The molecule has 4 rings (SSSR count). The van der Waals surface area contributed by atoms with Crippen molar-refractivity contribution < 1.29 is 14.3 Å². The second-order valence-corrected chi connectivity index (χ2v) is 8.52. The maximum atomic E-state index is 13.2. The number of hydrogen-bond donors (Lipinski definition) is 1. The predicted molar refractivity (Wildman–Crippen MR) is 134 cm³/mol. The van der Waals surface area contributed by atoms with Gasteiger partial charge in [-0.2, -0.15) is 0 Å². The fourth-order valence-corrected chi connectivity index (χ4v) is 4.08. The van der Waals surface area contributed by atoms with Crippen molar-refractivity contribution in [3.63, 3.8) is 0 Å². The van der Waals surface area contributed by atoms with Gasteiger partial charge in [0.1, 0.15) is 5.69 Å². The van der Waals surface area contributed by atoms with E-state index in [2.05, 4.69) is 5.32 Å². The van der Waals surface area contributed by atoms with Gasteiger partial charge < -0.3 is 14.6 Å². The standard InChI is InChI=1S/C27H23ClN2O4/c1-16-8-13-22(17(2)14-16)29-23(31)15-34-27(33)25-24(18-9-11-19(28)12-10-18)20-6-4-5-7-21(20)26(32)30(25)3/h4-14H,15H2,1-3H3,(H,29,31). The average Bonchev–Trinajstić information content (AvgIpc) is 2.82. The summed E-state index contributed by atoms with van der Waals surface area (Å²) < 4.78 is 6.62. The first-order chi connectivity index (χ1) is 16.3. The van der Waals surface area contributed by atoms with Gasteiger partial charge in [0.2, 0.25) is 0 Å². The number of ether oxygens (including phenoxy) is 1. The van der Waals surface area contributed by atoms with E-state index in [4.69, 9.17) is 16.3 Å². The van der Waals surface area contributed by atoms with Gasteiger partial charge in [-0.05, 0) is 54.6 Å². The summed E-state index contributed by atoms with van der Waals surface area (Å²) in [6, 6.07) is 19.7. The molecule has 0 bridgehead atoms. The van der Waals surface area contributed by atoms with Crippen LogP contribution in [0.4, 0.5) is 5.69 Å². The van der Waals surface area contributed by atoms with Crippen molar-refractivity contribution in [2.45, 2.75) is 13.8 Å². The van der Waals surface area contributed by atoms with Crippen LogP contribution in [0.15, 0.2) is 71.5 Å². The number of aromatic nitrogens is 1. The molecule has 6 nitrogen and oxygen atoms in total.